The Morgan fingerprint density at radius 1 is 1.18 bits per heavy atom. The van der Waals surface area contributed by atoms with Crippen molar-refractivity contribution < 1.29 is 14.6 Å². The molecule has 4 aromatic heterocycles. The molecule has 0 aliphatic carbocycles. The highest BCUT2D eigenvalue weighted by Gasteiger charge is 2.27. The maximum Gasteiger partial charge on any atom is 0.259 e. The van der Waals surface area contributed by atoms with Crippen LogP contribution < -0.4 is 15.0 Å². The Bertz CT molecular complexity index is 1370. The number of rotatable bonds is 5. The van der Waals surface area contributed by atoms with E-state index in [0.717, 1.165) is 5.69 Å². The molecule has 33 heavy (non-hydrogen) atoms. The quantitative estimate of drug-likeness (QED) is 0.412. The van der Waals surface area contributed by atoms with Crippen LogP contribution in [0.2, 0.25) is 5.15 Å². The average Bonchev–Trinajstić information content (AvgIpc) is 3.18. The van der Waals surface area contributed by atoms with E-state index in [4.69, 9.17) is 16.3 Å². The molecule has 0 spiro atoms. The van der Waals surface area contributed by atoms with Crippen molar-refractivity contribution in [1.82, 2.24) is 24.9 Å². The molecule has 168 valence electrons. The van der Waals surface area contributed by atoms with Gasteiger partial charge in [-0.05, 0) is 19.1 Å². The fourth-order valence-electron chi connectivity index (χ4n) is 3.47. The molecule has 4 aromatic rings. The number of halogens is 1. The molecule has 0 saturated carbocycles. The molecular weight excluding hydrogens is 466 g/mol. The van der Waals surface area contributed by atoms with Crippen molar-refractivity contribution in [3.8, 4) is 16.9 Å². The summed E-state index contributed by atoms with van der Waals surface area (Å²) in [4.78, 5) is 37.3. The minimum atomic E-state index is -0.384. The van der Waals surface area contributed by atoms with Gasteiger partial charge in [-0.2, -0.15) is 4.98 Å². The number of ether oxygens (including phenoxy) is 1. The minimum Gasteiger partial charge on any atom is -0.494 e. The number of hydrogen-bond acceptors (Lipinski definition) is 10. The highest BCUT2D eigenvalue weighted by molar-refractivity contribution is 7.22. The van der Waals surface area contributed by atoms with Crippen molar-refractivity contribution in [2.75, 3.05) is 30.4 Å². The standard InChI is InChI=1S/C21H18ClN7O3S/c1-10-3-12(13-4-17(22)24-7-16(13)32-2)14(5-23-10)18(31)27-21-26-15-6-25-20(28-19(15)33-21)29-8-11(30)9-29/h3-7,11,30H,8-9H2,1-2H3,(H,26,27,31). The summed E-state index contributed by atoms with van der Waals surface area (Å²) in [7, 11) is 1.53. The van der Waals surface area contributed by atoms with Crippen LogP contribution in [0, 0.1) is 6.92 Å². The fourth-order valence-corrected chi connectivity index (χ4v) is 4.43. The highest BCUT2D eigenvalue weighted by atomic mass is 35.5. The first-order chi connectivity index (χ1) is 15.9. The smallest absolute Gasteiger partial charge is 0.259 e. The molecule has 12 heteroatoms. The summed E-state index contributed by atoms with van der Waals surface area (Å²) in [6.07, 6.45) is 4.27. The van der Waals surface area contributed by atoms with Crippen LogP contribution in [-0.2, 0) is 0 Å². The largest absolute Gasteiger partial charge is 0.494 e. The van der Waals surface area contributed by atoms with Crippen molar-refractivity contribution in [3.05, 3.63) is 47.1 Å². The van der Waals surface area contributed by atoms with Gasteiger partial charge in [0.15, 0.2) is 9.96 Å². The van der Waals surface area contributed by atoms with Gasteiger partial charge in [-0.1, -0.05) is 22.9 Å². The Labute approximate surface area is 197 Å². The van der Waals surface area contributed by atoms with Gasteiger partial charge < -0.3 is 14.7 Å². The van der Waals surface area contributed by atoms with Crippen LogP contribution >= 0.6 is 22.9 Å². The summed E-state index contributed by atoms with van der Waals surface area (Å²) < 4.78 is 5.42. The summed E-state index contributed by atoms with van der Waals surface area (Å²) in [5, 5.41) is 13.0. The molecule has 0 atom stereocenters. The SMILES string of the molecule is COc1cnc(Cl)cc1-c1cc(C)ncc1C(=O)Nc1nc2cnc(N3CC(O)C3)nc2s1. The van der Waals surface area contributed by atoms with E-state index in [1.54, 1.807) is 18.3 Å². The van der Waals surface area contributed by atoms with Gasteiger partial charge >= 0.3 is 0 Å². The van der Waals surface area contributed by atoms with Crippen molar-refractivity contribution >= 4 is 50.3 Å². The summed E-state index contributed by atoms with van der Waals surface area (Å²) >= 11 is 7.35. The predicted molar refractivity (Wildman–Crippen MR) is 125 cm³/mol. The van der Waals surface area contributed by atoms with Crippen molar-refractivity contribution in [1.29, 1.82) is 0 Å². The maximum atomic E-state index is 13.2. The number of nitrogens with zero attached hydrogens (tertiary/aromatic N) is 6. The molecule has 5 heterocycles. The number of aromatic nitrogens is 5. The van der Waals surface area contributed by atoms with E-state index in [1.165, 1.54) is 30.8 Å². The first-order valence-corrected chi connectivity index (χ1v) is 11.1. The van der Waals surface area contributed by atoms with Gasteiger partial charge in [-0.25, -0.2) is 15.0 Å². The highest BCUT2D eigenvalue weighted by Crippen LogP contribution is 2.34. The van der Waals surface area contributed by atoms with Gasteiger partial charge in [-0.3, -0.25) is 15.1 Å². The molecule has 1 saturated heterocycles. The molecule has 1 aliphatic heterocycles. The number of aryl methyl sites for hydroxylation is 1. The number of carbonyl (C=O) groups excluding carboxylic acids is 1. The lowest BCUT2D eigenvalue weighted by atomic mass is 10.0. The number of carbonyl (C=O) groups is 1. The second-order valence-electron chi connectivity index (χ2n) is 7.47. The van der Waals surface area contributed by atoms with E-state index in [0.29, 0.717) is 57.0 Å². The van der Waals surface area contributed by atoms with Gasteiger partial charge in [0.25, 0.3) is 5.91 Å². The number of nitrogens with one attached hydrogen (secondary N) is 1. The van der Waals surface area contributed by atoms with Gasteiger partial charge in [0.2, 0.25) is 5.95 Å². The van der Waals surface area contributed by atoms with Crippen LogP contribution in [-0.4, -0.2) is 62.2 Å². The number of aliphatic hydroxyl groups is 1. The summed E-state index contributed by atoms with van der Waals surface area (Å²) in [6, 6.07) is 3.44. The third kappa shape index (κ3) is 4.17. The summed E-state index contributed by atoms with van der Waals surface area (Å²) in [5.41, 5.74) is 2.88. The zero-order valence-corrected chi connectivity index (χ0v) is 19.2. The number of fused-ring (bicyclic) bond motifs is 1. The first-order valence-electron chi connectivity index (χ1n) is 9.96. The monoisotopic (exact) mass is 483 g/mol. The average molecular weight is 484 g/mol. The second-order valence-corrected chi connectivity index (χ2v) is 8.84. The minimum absolute atomic E-state index is 0.280. The summed E-state index contributed by atoms with van der Waals surface area (Å²) in [6.45, 7) is 2.83. The Kier molecular flexibility index (Phi) is 5.52. The topological polar surface area (TPSA) is 126 Å². The van der Waals surface area contributed by atoms with E-state index < -0.39 is 0 Å². The van der Waals surface area contributed by atoms with Crippen LogP contribution in [0.4, 0.5) is 11.1 Å². The second kappa shape index (κ2) is 8.50. The molecule has 0 bridgehead atoms. The van der Waals surface area contributed by atoms with Gasteiger partial charge in [0.05, 0.1) is 31.2 Å². The number of methoxy groups -OCH3 is 1. The molecule has 5 rings (SSSR count). The number of thiazole rings is 1. The zero-order chi connectivity index (χ0) is 23.1. The van der Waals surface area contributed by atoms with Crippen LogP contribution in [0.25, 0.3) is 21.5 Å². The first kappa shape index (κ1) is 21.4. The van der Waals surface area contributed by atoms with Crippen molar-refractivity contribution in [2.24, 2.45) is 0 Å². The number of amides is 1. The Morgan fingerprint density at radius 2 is 2.00 bits per heavy atom. The molecule has 0 radical (unpaired) electrons. The van der Waals surface area contributed by atoms with E-state index >= 15 is 0 Å². The molecule has 0 unspecified atom stereocenters. The van der Waals surface area contributed by atoms with E-state index in [2.05, 4.69) is 30.2 Å². The number of aliphatic hydroxyl groups excluding tert-OH is 1. The third-order valence-electron chi connectivity index (χ3n) is 5.13. The lowest BCUT2D eigenvalue weighted by Gasteiger charge is -2.35. The predicted octanol–water partition coefficient (Wildman–Crippen LogP) is 2.95. The van der Waals surface area contributed by atoms with Crippen LogP contribution in [0.1, 0.15) is 16.1 Å². The number of β-amino-alcohol motifs (C(OH)–C–C–N with tert-alkyl or cyclic N) is 1. The van der Waals surface area contributed by atoms with Crippen molar-refractivity contribution in [2.45, 2.75) is 13.0 Å². The summed E-state index contributed by atoms with van der Waals surface area (Å²) in [5.74, 6) is 0.629. The number of pyridine rings is 2. The molecule has 10 nitrogen and oxygen atoms in total. The van der Waals surface area contributed by atoms with Crippen LogP contribution in [0.15, 0.2) is 30.7 Å². The number of anilines is 2. The zero-order valence-electron chi connectivity index (χ0n) is 17.6. The van der Waals surface area contributed by atoms with Gasteiger partial charge in [0, 0.05) is 36.1 Å². The Hall–Kier alpha value is -3.41. The number of hydrogen-bond donors (Lipinski definition) is 2. The normalized spacial score (nSPS) is 13.8. The lowest BCUT2D eigenvalue weighted by Crippen LogP contribution is -2.51. The van der Waals surface area contributed by atoms with Gasteiger partial charge in [0.1, 0.15) is 16.4 Å². The molecule has 0 aromatic carbocycles. The third-order valence-corrected chi connectivity index (χ3v) is 6.22. The molecular formula is C21H18ClN7O3S. The Morgan fingerprint density at radius 3 is 2.76 bits per heavy atom. The Balaban J connectivity index is 1.46. The van der Waals surface area contributed by atoms with E-state index in [9.17, 15) is 9.90 Å². The molecule has 1 fully saturated rings. The van der Waals surface area contributed by atoms with E-state index in [1.807, 2.05) is 11.8 Å². The van der Waals surface area contributed by atoms with Crippen LogP contribution in [0.3, 0.4) is 0 Å². The fraction of sp³-hybridized carbons (Fsp3) is 0.238. The molecule has 1 amide bonds. The molecule has 2 N–H and O–H groups in total. The molecule has 1 aliphatic rings. The van der Waals surface area contributed by atoms with Crippen LogP contribution in [0.5, 0.6) is 5.75 Å². The maximum absolute atomic E-state index is 13.2. The van der Waals surface area contributed by atoms with Crippen molar-refractivity contribution in [3.63, 3.8) is 0 Å². The van der Waals surface area contributed by atoms with Gasteiger partial charge in [-0.15, -0.1) is 0 Å². The lowest BCUT2D eigenvalue weighted by molar-refractivity contribution is 0.102. The van der Waals surface area contributed by atoms with E-state index in [-0.39, 0.29) is 17.2 Å².